The second-order valence-electron chi connectivity index (χ2n) is 5.56. The van der Waals surface area contributed by atoms with E-state index >= 15 is 0 Å². The summed E-state index contributed by atoms with van der Waals surface area (Å²) in [7, 11) is 1.83. The van der Waals surface area contributed by atoms with Gasteiger partial charge in [-0.15, -0.1) is 0 Å². The van der Waals surface area contributed by atoms with Gasteiger partial charge >= 0.3 is 0 Å². The quantitative estimate of drug-likeness (QED) is 0.671. The van der Waals surface area contributed by atoms with Gasteiger partial charge in [0.15, 0.2) is 0 Å². The molecule has 2 aromatic carbocycles. The molecule has 6 heteroatoms. The summed E-state index contributed by atoms with van der Waals surface area (Å²) in [5.41, 5.74) is 0. The highest BCUT2D eigenvalue weighted by Gasteiger charge is 2.06. The van der Waals surface area contributed by atoms with Crippen molar-refractivity contribution in [1.29, 1.82) is 0 Å². The number of amides is 1. The van der Waals surface area contributed by atoms with Gasteiger partial charge in [0, 0.05) is 12.6 Å². The lowest BCUT2D eigenvalue weighted by molar-refractivity contribution is -0.122. The predicted octanol–water partition coefficient (Wildman–Crippen LogP) is 2.33. The minimum atomic E-state index is -0.331. The molecule has 1 amide bonds. The van der Waals surface area contributed by atoms with E-state index in [-0.39, 0.29) is 18.3 Å². The molecule has 2 rings (SSSR count). The third-order valence-corrected chi connectivity index (χ3v) is 3.39. The first-order valence-electron chi connectivity index (χ1n) is 8.15. The Balaban J connectivity index is 1.55. The molecule has 0 atom stereocenters. The van der Waals surface area contributed by atoms with Gasteiger partial charge in [-0.2, -0.15) is 0 Å². The van der Waals surface area contributed by atoms with Crippen LogP contribution in [0.15, 0.2) is 54.6 Å². The summed E-state index contributed by atoms with van der Waals surface area (Å²) in [5, 5.41) is 2.80. The van der Waals surface area contributed by atoms with Gasteiger partial charge in [-0.3, -0.25) is 9.69 Å². The number of ether oxygens (including phenoxy) is 2. The Kier molecular flexibility index (Phi) is 7.72. The van der Waals surface area contributed by atoms with Crippen LogP contribution in [0.1, 0.15) is 0 Å². The van der Waals surface area contributed by atoms with Gasteiger partial charge in [0.1, 0.15) is 30.5 Å². The maximum absolute atomic E-state index is 13.0. The molecule has 0 radical (unpaired) electrons. The number of benzene rings is 2. The van der Waals surface area contributed by atoms with Crippen molar-refractivity contribution >= 4 is 5.91 Å². The van der Waals surface area contributed by atoms with Crippen molar-refractivity contribution in [2.45, 2.75) is 0 Å². The number of rotatable bonds is 10. The van der Waals surface area contributed by atoms with Crippen LogP contribution in [-0.2, 0) is 4.79 Å². The predicted molar refractivity (Wildman–Crippen MR) is 94.3 cm³/mol. The number of carbonyl (C=O) groups excluding carboxylic acids is 1. The summed E-state index contributed by atoms with van der Waals surface area (Å²) in [4.78, 5) is 13.7. The molecule has 5 nitrogen and oxygen atoms in total. The lowest BCUT2D eigenvalue weighted by atomic mass is 10.3. The topological polar surface area (TPSA) is 50.8 Å². The molecule has 0 spiro atoms. The molecule has 134 valence electrons. The molecule has 0 aliphatic rings. The molecule has 1 N–H and O–H groups in total. The second kappa shape index (κ2) is 10.3. The van der Waals surface area contributed by atoms with E-state index in [1.54, 1.807) is 12.1 Å². The highest BCUT2D eigenvalue weighted by Crippen LogP contribution is 2.11. The third-order valence-electron chi connectivity index (χ3n) is 3.39. The molecular formula is C19H23FN2O3. The Labute approximate surface area is 147 Å². The van der Waals surface area contributed by atoms with Crippen LogP contribution in [0.2, 0.25) is 0 Å². The van der Waals surface area contributed by atoms with E-state index in [4.69, 9.17) is 9.47 Å². The Bertz CT molecular complexity index is 652. The fourth-order valence-electron chi connectivity index (χ4n) is 2.13. The van der Waals surface area contributed by atoms with Gasteiger partial charge in [-0.1, -0.05) is 24.3 Å². The molecule has 0 heterocycles. The highest BCUT2D eigenvalue weighted by atomic mass is 19.1. The second-order valence-corrected chi connectivity index (χ2v) is 5.56. The molecule has 0 fully saturated rings. The summed E-state index contributed by atoms with van der Waals surface area (Å²) in [6.45, 7) is 2.07. The fraction of sp³-hybridized carbons (Fsp3) is 0.316. The van der Waals surface area contributed by atoms with E-state index < -0.39 is 0 Å². The molecule has 0 aliphatic heterocycles. The van der Waals surface area contributed by atoms with Crippen LogP contribution in [0.3, 0.4) is 0 Å². The number of halogens is 1. The summed E-state index contributed by atoms with van der Waals surface area (Å²) in [6.07, 6.45) is 0. The highest BCUT2D eigenvalue weighted by molar-refractivity contribution is 5.77. The minimum absolute atomic E-state index is 0.0788. The number of carbonyl (C=O) groups is 1. The number of nitrogens with one attached hydrogen (secondary N) is 1. The van der Waals surface area contributed by atoms with Crippen molar-refractivity contribution in [2.75, 3.05) is 39.9 Å². The molecule has 0 saturated carbocycles. The van der Waals surface area contributed by atoms with Gasteiger partial charge in [-0.05, 0) is 31.3 Å². The smallest absolute Gasteiger partial charge is 0.234 e. The van der Waals surface area contributed by atoms with Crippen LogP contribution in [0.5, 0.6) is 11.5 Å². The molecule has 0 bridgehead atoms. The van der Waals surface area contributed by atoms with Crippen LogP contribution in [-0.4, -0.2) is 50.7 Å². The normalized spacial score (nSPS) is 10.5. The lowest BCUT2D eigenvalue weighted by Gasteiger charge is -2.16. The third kappa shape index (κ3) is 7.67. The summed E-state index contributed by atoms with van der Waals surface area (Å²) in [5.74, 6) is 0.854. The van der Waals surface area contributed by atoms with Crippen LogP contribution < -0.4 is 14.8 Å². The maximum Gasteiger partial charge on any atom is 0.234 e. The number of para-hydroxylation sites is 1. The largest absolute Gasteiger partial charge is 0.492 e. The zero-order valence-corrected chi connectivity index (χ0v) is 14.3. The van der Waals surface area contributed by atoms with Crippen LogP contribution in [0.25, 0.3) is 0 Å². The van der Waals surface area contributed by atoms with E-state index in [0.29, 0.717) is 32.1 Å². The van der Waals surface area contributed by atoms with Gasteiger partial charge < -0.3 is 14.8 Å². The first-order chi connectivity index (χ1) is 12.1. The van der Waals surface area contributed by atoms with E-state index in [2.05, 4.69) is 5.32 Å². The van der Waals surface area contributed by atoms with Gasteiger partial charge in [0.05, 0.1) is 13.1 Å². The Morgan fingerprint density at radius 1 is 1.04 bits per heavy atom. The summed E-state index contributed by atoms with van der Waals surface area (Å²) < 4.78 is 24.0. The number of nitrogens with zero attached hydrogens (tertiary/aromatic N) is 1. The molecule has 25 heavy (non-hydrogen) atoms. The first kappa shape index (κ1) is 18.7. The maximum atomic E-state index is 13.0. The SMILES string of the molecule is CN(CCOc1cccc(F)c1)CC(=O)NCCOc1ccccc1. The van der Waals surface area contributed by atoms with Gasteiger partial charge in [0.2, 0.25) is 5.91 Å². The van der Waals surface area contributed by atoms with Crippen LogP contribution in [0, 0.1) is 5.82 Å². The number of hydrogen-bond donors (Lipinski definition) is 1. The molecule has 0 unspecified atom stereocenters. The lowest BCUT2D eigenvalue weighted by Crippen LogP contribution is -2.38. The van der Waals surface area contributed by atoms with Crippen LogP contribution in [0.4, 0.5) is 4.39 Å². The van der Waals surface area contributed by atoms with Gasteiger partial charge in [-0.25, -0.2) is 4.39 Å². The average molecular weight is 346 g/mol. The Hall–Kier alpha value is -2.60. The standard InChI is InChI=1S/C19H23FN2O3/c1-22(11-13-25-18-9-5-6-16(20)14-18)15-19(23)21-10-12-24-17-7-3-2-4-8-17/h2-9,14H,10-13,15H2,1H3,(H,21,23). The zero-order valence-electron chi connectivity index (χ0n) is 14.3. The van der Waals surface area contributed by atoms with E-state index in [9.17, 15) is 9.18 Å². The zero-order chi connectivity index (χ0) is 17.9. The molecule has 2 aromatic rings. The Morgan fingerprint density at radius 2 is 1.76 bits per heavy atom. The van der Waals surface area contributed by atoms with Crippen LogP contribution >= 0.6 is 0 Å². The van der Waals surface area contributed by atoms with Crippen molar-refractivity contribution < 1.29 is 18.7 Å². The van der Waals surface area contributed by atoms with Gasteiger partial charge in [0.25, 0.3) is 0 Å². The first-order valence-corrected chi connectivity index (χ1v) is 8.15. The van der Waals surface area contributed by atoms with Crippen molar-refractivity contribution in [3.63, 3.8) is 0 Å². The number of hydrogen-bond acceptors (Lipinski definition) is 4. The summed E-state index contributed by atoms with van der Waals surface area (Å²) in [6, 6.07) is 15.4. The van der Waals surface area contributed by atoms with E-state index in [1.165, 1.54) is 12.1 Å². The molecule has 0 aliphatic carbocycles. The van der Waals surface area contributed by atoms with Crippen molar-refractivity contribution in [3.05, 3.63) is 60.4 Å². The van der Waals surface area contributed by atoms with E-state index in [1.807, 2.05) is 42.3 Å². The van der Waals surface area contributed by atoms with Crippen molar-refractivity contribution in [1.82, 2.24) is 10.2 Å². The fourth-order valence-corrected chi connectivity index (χ4v) is 2.13. The number of likely N-dealkylation sites (N-methyl/N-ethyl adjacent to an activating group) is 1. The Morgan fingerprint density at radius 3 is 2.52 bits per heavy atom. The molecule has 0 saturated heterocycles. The van der Waals surface area contributed by atoms with E-state index in [0.717, 1.165) is 5.75 Å². The molecule has 0 aromatic heterocycles. The monoisotopic (exact) mass is 346 g/mol. The summed E-state index contributed by atoms with van der Waals surface area (Å²) >= 11 is 0. The van der Waals surface area contributed by atoms with Crippen molar-refractivity contribution in [3.8, 4) is 11.5 Å². The average Bonchev–Trinajstić information content (AvgIpc) is 2.60. The molecular weight excluding hydrogens is 323 g/mol. The van der Waals surface area contributed by atoms with Crippen molar-refractivity contribution in [2.24, 2.45) is 0 Å². The minimum Gasteiger partial charge on any atom is -0.492 e.